The van der Waals surface area contributed by atoms with Crippen LogP contribution in [0.3, 0.4) is 0 Å². The monoisotopic (exact) mass is 473 g/mol. The summed E-state index contributed by atoms with van der Waals surface area (Å²) in [5.41, 5.74) is 4.25. The van der Waals surface area contributed by atoms with Crippen LogP contribution < -0.4 is 0 Å². The van der Waals surface area contributed by atoms with Crippen molar-refractivity contribution in [1.82, 2.24) is 4.90 Å². The van der Waals surface area contributed by atoms with Crippen molar-refractivity contribution in [3.05, 3.63) is 118 Å². The van der Waals surface area contributed by atoms with Crippen LogP contribution in [-0.4, -0.2) is 43.8 Å². The van der Waals surface area contributed by atoms with E-state index in [2.05, 4.69) is 77.7 Å². The summed E-state index contributed by atoms with van der Waals surface area (Å²) in [6.07, 6.45) is 0. The van der Waals surface area contributed by atoms with Gasteiger partial charge in [-0.25, -0.2) is 4.79 Å². The summed E-state index contributed by atoms with van der Waals surface area (Å²) in [7, 11) is 0. The van der Waals surface area contributed by atoms with Crippen LogP contribution in [0.5, 0.6) is 0 Å². The molecule has 0 radical (unpaired) electrons. The number of esters is 1. The molecule has 176 valence electrons. The van der Waals surface area contributed by atoms with Crippen molar-refractivity contribution in [3.63, 3.8) is 0 Å². The van der Waals surface area contributed by atoms with Crippen LogP contribution in [-0.2, 0) is 19.0 Å². The molecule has 5 heteroatoms. The van der Waals surface area contributed by atoms with Gasteiger partial charge in [0.1, 0.15) is 4.91 Å². The third-order valence-corrected chi connectivity index (χ3v) is 7.75. The van der Waals surface area contributed by atoms with Crippen molar-refractivity contribution >= 4 is 17.7 Å². The van der Waals surface area contributed by atoms with Crippen LogP contribution in [0.25, 0.3) is 0 Å². The van der Waals surface area contributed by atoms with Gasteiger partial charge in [0.25, 0.3) is 0 Å². The second-order valence-corrected chi connectivity index (χ2v) is 9.34. The Labute approximate surface area is 206 Å². The van der Waals surface area contributed by atoms with E-state index in [4.69, 9.17) is 9.47 Å². The van der Waals surface area contributed by atoms with E-state index in [1.807, 2.05) is 32.0 Å². The number of hydrogen-bond acceptors (Lipinski definition) is 5. The fourth-order valence-electron chi connectivity index (χ4n) is 4.35. The molecule has 1 fully saturated rings. The zero-order valence-electron chi connectivity index (χ0n) is 19.8. The Balaban J connectivity index is 1.96. The van der Waals surface area contributed by atoms with Crippen molar-refractivity contribution in [1.29, 1.82) is 0 Å². The Kier molecular flexibility index (Phi) is 8.09. The largest absolute Gasteiger partial charge is 0.462 e. The molecule has 1 aliphatic rings. The summed E-state index contributed by atoms with van der Waals surface area (Å²) < 4.78 is 10.5. The maximum absolute atomic E-state index is 13.4. The molecule has 3 aromatic rings. The van der Waals surface area contributed by atoms with Gasteiger partial charge < -0.3 is 14.4 Å². The van der Waals surface area contributed by atoms with Gasteiger partial charge >= 0.3 is 5.97 Å². The molecule has 0 bridgehead atoms. The molecular weight excluding hydrogens is 442 g/mol. The van der Waals surface area contributed by atoms with Gasteiger partial charge in [-0.05, 0) is 30.5 Å². The number of ether oxygens (including phenoxy) is 2. The Hall–Kier alpha value is -3.02. The highest BCUT2D eigenvalue weighted by molar-refractivity contribution is 8.05. The maximum Gasteiger partial charge on any atom is 0.346 e. The quantitative estimate of drug-likeness (QED) is 0.234. The molecule has 0 aliphatic carbocycles. The van der Waals surface area contributed by atoms with Gasteiger partial charge in [0.2, 0.25) is 0 Å². The topological polar surface area (TPSA) is 38.8 Å². The molecule has 34 heavy (non-hydrogen) atoms. The molecule has 4 rings (SSSR count). The average molecular weight is 474 g/mol. The highest BCUT2D eigenvalue weighted by Gasteiger charge is 2.40. The second-order valence-electron chi connectivity index (χ2n) is 8.12. The number of carbonyl (C=O) groups is 1. The fraction of sp³-hybridized carbons (Fsp3) is 0.276. The molecule has 3 aromatic carbocycles. The van der Waals surface area contributed by atoms with Crippen molar-refractivity contribution in [2.75, 3.05) is 32.9 Å². The molecular formula is C29H31NO3S. The van der Waals surface area contributed by atoms with Crippen LogP contribution >= 0.6 is 11.8 Å². The molecule has 4 nitrogen and oxygen atoms in total. The molecule has 0 saturated carbocycles. The first-order chi connectivity index (χ1) is 16.7. The smallest absolute Gasteiger partial charge is 0.346 e. The molecule has 1 aliphatic heterocycles. The van der Waals surface area contributed by atoms with E-state index in [0.29, 0.717) is 24.7 Å². The first kappa shape index (κ1) is 24.1. The minimum Gasteiger partial charge on any atom is -0.462 e. The van der Waals surface area contributed by atoms with Gasteiger partial charge in [-0.15, -0.1) is 0 Å². The first-order valence-corrected chi connectivity index (χ1v) is 12.5. The molecule has 1 heterocycles. The normalized spacial score (nSPS) is 14.9. The third kappa shape index (κ3) is 5.06. The highest BCUT2D eigenvalue weighted by atomic mass is 32.2. The number of rotatable bonds is 8. The van der Waals surface area contributed by atoms with Gasteiger partial charge in [0, 0.05) is 18.8 Å². The van der Waals surface area contributed by atoms with Gasteiger partial charge in [0.05, 0.1) is 24.6 Å². The zero-order chi connectivity index (χ0) is 23.8. The molecule has 0 N–H and O–H groups in total. The molecule has 0 amide bonds. The minimum absolute atomic E-state index is 0.288. The van der Waals surface area contributed by atoms with E-state index in [0.717, 1.165) is 35.5 Å². The predicted octanol–water partition coefficient (Wildman–Crippen LogP) is 5.84. The Morgan fingerprint density at radius 2 is 1.29 bits per heavy atom. The summed E-state index contributed by atoms with van der Waals surface area (Å²) in [5, 5.41) is 0. The van der Waals surface area contributed by atoms with Gasteiger partial charge in [-0.1, -0.05) is 103 Å². The lowest BCUT2D eigenvalue weighted by Gasteiger charge is -2.37. The van der Waals surface area contributed by atoms with Crippen LogP contribution in [0, 0.1) is 0 Å². The molecule has 0 spiro atoms. The summed E-state index contributed by atoms with van der Waals surface area (Å²) in [6.45, 7) is 7.01. The lowest BCUT2D eigenvalue weighted by molar-refractivity contribution is -0.137. The molecule has 1 saturated heterocycles. The Morgan fingerprint density at radius 1 is 0.853 bits per heavy atom. The van der Waals surface area contributed by atoms with Crippen LogP contribution in [0.4, 0.5) is 0 Å². The summed E-state index contributed by atoms with van der Waals surface area (Å²) >= 11 is 1.57. The van der Waals surface area contributed by atoms with E-state index < -0.39 is 4.75 Å². The Morgan fingerprint density at radius 3 is 1.71 bits per heavy atom. The summed E-state index contributed by atoms with van der Waals surface area (Å²) in [6, 6.07) is 31.2. The number of morpholine rings is 1. The van der Waals surface area contributed by atoms with Crippen LogP contribution in [0.15, 0.2) is 102 Å². The van der Waals surface area contributed by atoms with Crippen LogP contribution in [0.2, 0.25) is 0 Å². The van der Waals surface area contributed by atoms with Gasteiger partial charge in [-0.3, -0.25) is 0 Å². The average Bonchev–Trinajstić information content (AvgIpc) is 2.91. The predicted molar refractivity (Wildman–Crippen MR) is 139 cm³/mol. The standard InChI is InChI=1S/C29H31NO3S/c1-3-33-28(31)27(23(2)30-19-21-32-22-20-30)34-29(24-13-7-4-8-14-24,25-15-9-5-10-16-25)26-17-11-6-12-18-26/h4-18H,3,19-22H2,1-2H3/b27-23-. The van der Waals surface area contributed by atoms with Crippen molar-refractivity contribution in [2.24, 2.45) is 0 Å². The van der Waals surface area contributed by atoms with E-state index in [-0.39, 0.29) is 5.97 Å². The summed E-state index contributed by atoms with van der Waals surface area (Å²) in [5.74, 6) is -0.288. The SMILES string of the molecule is CCOC(=O)/C(SC(c1ccccc1)(c1ccccc1)c1ccccc1)=C(\C)N1CCOCC1. The Bertz CT molecular complexity index is 997. The lowest BCUT2D eigenvalue weighted by atomic mass is 9.84. The van der Waals surface area contributed by atoms with Crippen molar-refractivity contribution in [3.8, 4) is 0 Å². The number of allylic oxidation sites excluding steroid dienone is 1. The maximum atomic E-state index is 13.4. The molecule has 0 atom stereocenters. The van der Waals surface area contributed by atoms with Crippen LogP contribution in [0.1, 0.15) is 30.5 Å². The van der Waals surface area contributed by atoms with E-state index in [1.54, 1.807) is 11.8 Å². The number of hydrogen-bond donors (Lipinski definition) is 0. The first-order valence-electron chi connectivity index (χ1n) is 11.7. The van der Waals surface area contributed by atoms with E-state index in [9.17, 15) is 4.79 Å². The summed E-state index contributed by atoms with van der Waals surface area (Å²) in [4.78, 5) is 16.3. The highest BCUT2D eigenvalue weighted by Crippen LogP contribution is 2.52. The second kappa shape index (κ2) is 11.4. The molecule has 0 unspecified atom stereocenters. The minimum atomic E-state index is -0.639. The van der Waals surface area contributed by atoms with Gasteiger partial charge in [-0.2, -0.15) is 0 Å². The fourth-order valence-corrected chi connectivity index (χ4v) is 5.84. The molecule has 0 aromatic heterocycles. The van der Waals surface area contributed by atoms with E-state index in [1.165, 1.54) is 0 Å². The van der Waals surface area contributed by atoms with Crippen molar-refractivity contribution < 1.29 is 14.3 Å². The number of thioether (sulfide) groups is 1. The number of benzene rings is 3. The van der Waals surface area contributed by atoms with E-state index >= 15 is 0 Å². The van der Waals surface area contributed by atoms with Crippen molar-refractivity contribution in [2.45, 2.75) is 18.6 Å². The number of carbonyl (C=O) groups excluding carboxylic acids is 1. The zero-order valence-corrected chi connectivity index (χ0v) is 20.6. The number of nitrogens with zero attached hydrogens (tertiary/aromatic N) is 1. The van der Waals surface area contributed by atoms with Gasteiger partial charge in [0.15, 0.2) is 0 Å². The lowest BCUT2D eigenvalue weighted by Crippen LogP contribution is -2.36. The third-order valence-electron chi connectivity index (χ3n) is 6.07.